The molecule has 0 atom stereocenters. The molecular formula is C8H17N2. The molecule has 0 bridgehead atoms. The van der Waals surface area contributed by atoms with Crippen molar-refractivity contribution in [2.45, 2.75) is 25.8 Å². The number of likely N-dealkylation sites (tertiary alicyclic amines) is 1. The SMILES string of the molecule is [CH2]N1CCC(NCC)CC1. The Morgan fingerprint density at radius 1 is 1.50 bits per heavy atom. The highest BCUT2D eigenvalue weighted by Gasteiger charge is 2.14. The fourth-order valence-electron chi connectivity index (χ4n) is 1.43. The molecule has 0 aliphatic carbocycles. The maximum Gasteiger partial charge on any atom is 0.0109 e. The van der Waals surface area contributed by atoms with Crippen LogP contribution in [0.25, 0.3) is 0 Å². The molecule has 0 amide bonds. The number of nitrogens with one attached hydrogen (secondary N) is 1. The minimum Gasteiger partial charge on any atom is -0.314 e. The van der Waals surface area contributed by atoms with Crippen LogP contribution >= 0.6 is 0 Å². The van der Waals surface area contributed by atoms with E-state index in [2.05, 4.69) is 24.2 Å². The molecule has 1 saturated heterocycles. The Balaban J connectivity index is 2.13. The van der Waals surface area contributed by atoms with E-state index in [1.165, 1.54) is 12.8 Å². The second-order valence-corrected chi connectivity index (χ2v) is 2.95. The molecule has 1 heterocycles. The Morgan fingerprint density at radius 3 is 2.60 bits per heavy atom. The molecule has 59 valence electrons. The third kappa shape index (κ3) is 2.27. The minimum absolute atomic E-state index is 0.753. The van der Waals surface area contributed by atoms with Crippen LogP contribution in [0.4, 0.5) is 0 Å². The fraction of sp³-hybridized carbons (Fsp3) is 0.875. The van der Waals surface area contributed by atoms with E-state index >= 15 is 0 Å². The van der Waals surface area contributed by atoms with Crippen LogP contribution in [0.5, 0.6) is 0 Å². The predicted octanol–water partition coefficient (Wildman–Crippen LogP) is 0.852. The van der Waals surface area contributed by atoms with Crippen LogP contribution < -0.4 is 5.32 Å². The highest BCUT2D eigenvalue weighted by atomic mass is 15.1. The molecular weight excluding hydrogens is 124 g/mol. The lowest BCUT2D eigenvalue weighted by atomic mass is 10.1. The highest BCUT2D eigenvalue weighted by molar-refractivity contribution is 4.75. The molecule has 0 spiro atoms. The van der Waals surface area contributed by atoms with Crippen molar-refractivity contribution in [3.8, 4) is 0 Å². The molecule has 1 aliphatic heterocycles. The van der Waals surface area contributed by atoms with Gasteiger partial charge in [-0.15, -0.1) is 0 Å². The zero-order chi connectivity index (χ0) is 7.40. The lowest BCUT2D eigenvalue weighted by Gasteiger charge is -2.28. The Morgan fingerprint density at radius 2 is 2.10 bits per heavy atom. The molecule has 1 aliphatic rings. The van der Waals surface area contributed by atoms with Crippen LogP contribution in [0.2, 0.25) is 0 Å². The van der Waals surface area contributed by atoms with Crippen molar-refractivity contribution in [1.29, 1.82) is 0 Å². The van der Waals surface area contributed by atoms with E-state index in [4.69, 9.17) is 0 Å². The fourth-order valence-corrected chi connectivity index (χ4v) is 1.43. The number of hydrogen-bond acceptors (Lipinski definition) is 2. The average Bonchev–Trinajstić information content (AvgIpc) is 1.95. The first-order chi connectivity index (χ1) is 4.83. The Kier molecular flexibility index (Phi) is 3.16. The molecule has 0 aromatic carbocycles. The van der Waals surface area contributed by atoms with E-state index in [9.17, 15) is 0 Å². The first-order valence-electron chi connectivity index (χ1n) is 4.11. The van der Waals surface area contributed by atoms with E-state index in [1.54, 1.807) is 0 Å². The summed E-state index contributed by atoms with van der Waals surface area (Å²) in [6.45, 7) is 5.56. The van der Waals surface area contributed by atoms with Gasteiger partial charge in [0.1, 0.15) is 0 Å². The highest BCUT2D eigenvalue weighted by Crippen LogP contribution is 2.07. The van der Waals surface area contributed by atoms with Gasteiger partial charge < -0.3 is 10.2 Å². The lowest BCUT2D eigenvalue weighted by molar-refractivity contribution is 0.258. The van der Waals surface area contributed by atoms with Crippen molar-refractivity contribution in [1.82, 2.24) is 10.2 Å². The molecule has 2 heteroatoms. The zero-order valence-electron chi connectivity index (χ0n) is 6.77. The van der Waals surface area contributed by atoms with Crippen molar-refractivity contribution in [2.75, 3.05) is 19.6 Å². The topological polar surface area (TPSA) is 15.3 Å². The Labute approximate surface area is 63.6 Å². The summed E-state index contributed by atoms with van der Waals surface area (Å²) in [5.74, 6) is 0. The third-order valence-electron chi connectivity index (χ3n) is 2.08. The van der Waals surface area contributed by atoms with Gasteiger partial charge in [0.25, 0.3) is 0 Å². The van der Waals surface area contributed by atoms with E-state index < -0.39 is 0 Å². The molecule has 0 aromatic heterocycles. The van der Waals surface area contributed by atoms with Gasteiger partial charge >= 0.3 is 0 Å². The molecule has 1 rings (SSSR count). The molecule has 1 fully saturated rings. The van der Waals surface area contributed by atoms with E-state index in [1.807, 2.05) is 0 Å². The molecule has 1 radical (unpaired) electrons. The third-order valence-corrected chi connectivity index (χ3v) is 2.08. The number of hydrogen-bond donors (Lipinski definition) is 1. The van der Waals surface area contributed by atoms with Crippen molar-refractivity contribution in [3.63, 3.8) is 0 Å². The second kappa shape index (κ2) is 3.94. The Bertz CT molecular complexity index is 85.3. The van der Waals surface area contributed by atoms with Crippen LogP contribution in [0, 0.1) is 7.05 Å². The van der Waals surface area contributed by atoms with Crippen molar-refractivity contribution < 1.29 is 0 Å². The van der Waals surface area contributed by atoms with Gasteiger partial charge in [0.15, 0.2) is 0 Å². The van der Waals surface area contributed by atoms with Gasteiger partial charge in [-0.2, -0.15) is 0 Å². The summed E-state index contributed by atoms with van der Waals surface area (Å²) in [5, 5.41) is 3.45. The quantitative estimate of drug-likeness (QED) is 0.613. The molecule has 10 heavy (non-hydrogen) atoms. The molecule has 0 aromatic rings. The normalized spacial score (nSPS) is 23.4. The van der Waals surface area contributed by atoms with E-state index in [0.29, 0.717) is 0 Å². The summed E-state index contributed by atoms with van der Waals surface area (Å²) >= 11 is 0. The monoisotopic (exact) mass is 141 g/mol. The number of piperidine rings is 1. The second-order valence-electron chi connectivity index (χ2n) is 2.95. The summed E-state index contributed by atoms with van der Waals surface area (Å²) in [6, 6.07) is 0.753. The summed E-state index contributed by atoms with van der Waals surface area (Å²) in [4.78, 5) is 2.15. The molecule has 0 unspecified atom stereocenters. The number of rotatable bonds is 2. The smallest absolute Gasteiger partial charge is 0.0109 e. The van der Waals surface area contributed by atoms with E-state index in [0.717, 1.165) is 25.7 Å². The van der Waals surface area contributed by atoms with Crippen LogP contribution in [0.3, 0.4) is 0 Å². The summed E-state index contributed by atoms with van der Waals surface area (Å²) in [7, 11) is 3.90. The largest absolute Gasteiger partial charge is 0.314 e. The van der Waals surface area contributed by atoms with E-state index in [-0.39, 0.29) is 0 Å². The molecule has 2 nitrogen and oxygen atoms in total. The van der Waals surface area contributed by atoms with Gasteiger partial charge in [0.05, 0.1) is 0 Å². The van der Waals surface area contributed by atoms with Crippen molar-refractivity contribution >= 4 is 0 Å². The average molecular weight is 141 g/mol. The zero-order valence-corrected chi connectivity index (χ0v) is 6.77. The number of nitrogens with zero attached hydrogens (tertiary/aromatic N) is 1. The van der Waals surface area contributed by atoms with Crippen LogP contribution in [0.1, 0.15) is 19.8 Å². The first-order valence-corrected chi connectivity index (χ1v) is 4.11. The van der Waals surface area contributed by atoms with Crippen LogP contribution in [-0.4, -0.2) is 30.6 Å². The summed E-state index contributed by atoms with van der Waals surface area (Å²) in [5.41, 5.74) is 0. The molecule has 0 saturated carbocycles. The van der Waals surface area contributed by atoms with Crippen molar-refractivity contribution in [3.05, 3.63) is 7.05 Å². The van der Waals surface area contributed by atoms with Crippen LogP contribution in [-0.2, 0) is 0 Å². The van der Waals surface area contributed by atoms with Gasteiger partial charge in [0, 0.05) is 13.1 Å². The maximum atomic E-state index is 3.90. The lowest BCUT2D eigenvalue weighted by Crippen LogP contribution is -2.39. The van der Waals surface area contributed by atoms with Gasteiger partial charge in [-0.3, -0.25) is 0 Å². The standard InChI is InChI=1S/C8H17N2/c1-3-9-8-4-6-10(2)7-5-8/h8-9H,2-7H2,1H3. The van der Waals surface area contributed by atoms with Gasteiger partial charge in [-0.1, -0.05) is 6.92 Å². The Hall–Kier alpha value is -0.0800. The predicted molar refractivity (Wildman–Crippen MR) is 43.6 cm³/mol. The van der Waals surface area contributed by atoms with Crippen LogP contribution in [0.15, 0.2) is 0 Å². The maximum absolute atomic E-state index is 3.90. The first kappa shape index (κ1) is 8.02. The van der Waals surface area contributed by atoms with Crippen molar-refractivity contribution in [2.24, 2.45) is 0 Å². The summed E-state index contributed by atoms with van der Waals surface area (Å²) < 4.78 is 0. The van der Waals surface area contributed by atoms with Gasteiger partial charge in [0.2, 0.25) is 0 Å². The molecule has 1 N–H and O–H groups in total. The summed E-state index contributed by atoms with van der Waals surface area (Å²) in [6.07, 6.45) is 2.52. The minimum atomic E-state index is 0.753. The van der Waals surface area contributed by atoms with Gasteiger partial charge in [-0.25, -0.2) is 0 Å². The van der Waals surface area contributed by atoms with Gasteiger partial charge in [-0.05, 0) is 32.5 Å².